The molecule has 0 radical (unpaired) electrons. The molecule has 0 aromatic carbocycles. The minimum atomic E-state index is 0.374. The summed E-state index contributed by atoms with van der Waals surface area (Å²) < 4.78 is 2.36. The summed E-state index contributed by atoms with van der Waals surface area (Å²) in [4.78, 5) is 7.60. The first-order chi connectivity index (χ1) is 9.63. The van der Waals surface area contributed by atoms with Crippen molar-refractivity contribution in [3.05, 3.63) is 24.0 Å². The van der Waals surface area contributed by atoms with Gasteiger partial charge in [0.2, 0.25) is 0 Å². The van der Waals surface area contributed by atoms with Crippen molar-refractivity contribution in [2.75, 3.05) is 33.7 Å². The summed E-state index contributed by atoms with van der Waals surface area (Å²) in [6, 6.07) is 4.45. The van der Waals surface area contributed by atoms with Gasteiger partial charge in [0.25, 0.3) is 0 Å². The van der Waals surface area contributed by atoms with Gasteiger partial charge in [0, 0.05) is 30.2 Å². The molecule has 0 aliphatic carbocycles. The van der Waals surface area contributed by atoms with Gasteiger partial charge in [-0.1, -0.05) is 5.92 Å². The van der Waals surface area contributed by atoms with E-state index in [0.717, 1.165) is 38.2 Å². The molecule has 0 spiro atoms. The van der Waals surface area contributed by atoms with Crippen LogP contribution >= 0.6 is 11.9 Å². The molecule has 2 heterocycles. The van der Waals surface area contributed by atoms with Gasteiger partial charge in [0.1, 0.15) is 5.69 Å². The fourth-order valence-electron chi connectivity index (χ4n) is 1.91. The molecule has 1 aromatic heterocycles. The molecule has 0 amide bonds. The van der Waals surface area contributed by atoms with Crippen LogP contribution in [0.4, 0.5) is 0 Å². The molecule has 0 bridgehead atoms. The molecule has 1 saturated heterocycles. The Morgan fingerprint density at radius 3 is 2.75 bits per heavy atom. The second kappa shape index (κ2) is 7.65. The third-order valence-electron chi connectivity index (χ3n) is 3.08. The number of pyridine rings is 1. The van der Waals surface area contributed by atoms with E-state index in [9.17, 15) is 0 Å². The standard InChI is InChI=1S/C15H22N4S/c1-18(2)9-3-4-14-5-6-15(12-17-14)20-19-10-7-13(16)8-11-19/h5-6,12-13H,7-11,16H2,1-2H3. The highest BCUT2D eigenvalue weighted by atomic mass is 32.2. The molecule has 1 aliphatic rings. The van der Waals surface area contributed by atoms with E-state index in [1.807, 2.05) is 31.3 Å². The van der Waals surface area contributed by atoms with E-state index in [4.69, 9.17) is 5.73 Å². The molecule has 2 rings (SSSR count). The van der Waals surface area contributed by atoms with Crippen molar-refractivity contribution in [2.24, 2.45) is 5.73 Å². The van der Waals surface area contributed by atoms with Crippen LogP contribution in [0.5, 0.6) is 0 Å². The van der Waals surface area contributed by atoms with Crippen molar-refractivity contribution in [1.82, 2.24) is 14.2 Å². The first kappa shape index (κ1) is 15.3. The molecule has 0 saturated carbocycles. The zero-order valence-electron chi connectivity index (χ0n) is 12.2. The monoisotopic (exact) mass is 290 g/mol. The molecular weight excluding hydrogens is 268 g/mol. The molecule has 20 heavy (non-hydrogen) atoms. The smallest absolute Gasteiger partial charge is 0.113 e. The Kier molecular flexibility index (Phi) is 5.86. The van der Waals surface area contributed by atoms with Crippen molar-refractivity contribution in [3.63, 3.8) is 0 Å². The SMILES string of the molecule is CN(C)CC#Cc1ccc(SN2CCC(N)CC2)cn1. The molecule has 108 valence electrons. The van der Waals surface area contributed by atoms with Crippen LogP contribution in [0.3, 0.4) is 0 Å². The predicted molar refractivity (Wildman–Crippen MR) is 84.3 cm³/mol. The minimum absolute atomic E-state index is 0.374. The summed E-state index contributed by atoms with van der Waals surface area (Å²) in [5.74, 6) is 6.16. The quantitative estimate of drug-likeness (QED) is 0.674. The van der Waals surface area contributed by atoms with Crippen molar-refractivity contribution >= 4 is 11.9 Å². The number of rotatable bonds is 3. The van der Waals surface area contributed by atoms with Gasteiger partial charge in [-0.05, 0) is 56.9 Å². The average Bonchev–Trinajstić information content (AvgIpc) is 2.43. The lowest BCUT2D eigenvalue weighted by Gasteiger charge is -2.28. The normalized spacial score (nSPS) is 17.0. The topological polar surface area (TPSA) is 45.4 Å². The summed E-state index contributed by atoms with van der Waals surface area (Å²) in [6.07, 6.45) is 4.06. The van der Waals surface area contributed by atoms with Crippen molar-refractivity contribution in [3.8, 4) is 11.8 Å². The van der Waals surface area contributed by atoms with Gasteiger partial charge in [0.15, 0.2) is 0 Å². The van der Waals surface area contributed by atoms with E-state index < -0.39 is 0 Å². The Hall–Kier alpha value is -1.06. The number of nitrogens with two attached hydrogens (primary N) is 1. The maximum atomic E-state index is 5.91. The van der Waals surface area contributed by atoms with E-state index in [2.05, 4.69) is 27.2 Å². The van der Waals surface area contributed by atoms with Crippen LogP contribution in [0.15, 0.2) is 23.2 Å². The minimum Gasteiger partial charge on any atom is -0.328 e. The van der Waals surface area contributed by atoms with E-state index in [-0.39, 0.29) is 0 Å². The summed E-state index contributed by atoms with van der Waals surface area (Å²) in [5, 5.41) is 0. The molecule has 1 aliphatic heterocycles. The second-order valence-corrected chi connectivity index (χ2v) is 6.45. The Morgan fingerprint density at radius 1 is 1.40 bits per heavy atom. The maximum Gasteiger partial charge on any atom is 0.113 e. The van der Waals surface area contributed by atoms with Crippen molar-refractivity contribution < 1.29 is 0 Å². The lowest BCUT2D eigenvalue weighted by Crippen LogP contribution is -2.36. The second-order valence-electron chi connectivity index (χ2n) is 5.28. The molecular formula is C15H22N4S. The van der Waals surface area contributed by atoms with Gasteiger partial charge in [-0.2, -0.15) is 0 Å². The highest BCUT2D eigenvalue weighted by molar-refractivity contribution is 7.97. The van der Waals surface area contributed by atoms with E-state index in [1.165, 1.54) is 4.90 Å². The first-order valence-corrected chi connectivity index (χ1v) is 7.69. The third-order valence-corrected chi connectivity index (χ3v) is 4.16. The van der Waals surface area contributed by atoms with Gasteiger partial charge in [-0.3, -0.25) is 4.90 Å². The molecule has 2 N–H and O–H groups in total. The fourth-order valence-corrected chi connectivity index (χ4v) is 2.83. The fraction of sp³-hybridized carbons (Fsp3) is 0.533. The zero-order valence-corrected chi connectivity index (χ0v) is 13.0. The Labute approximate surface area is 125 Å². The van der Waals surface area contributed by atoms with Gasteiger partial charge in [-0.15, -0.1) is 0 Å². The molecule has 0 unspecified atom stereocenters. The van der Waals surface area contributed by atoms with Crippen LogP contribution in [0.25, 0.3) is 0 Å². The Morgan fingerprint density at radius 2 is 2.15 bits per heavy atom. The van der Waals surface area contributed by atoms with Crippen LogP contribution in [-0.2, 0) is 0 Å². The van der Waals surface area contributed by atoms with E-state index >= 15 is 0 Å². The summed E-state index contributed by atoms with van der Waals surface area (Å²) in [7, 11) is 4.01. The van der Waals surface area contributed by atoms with Gasteiger partial charge in [-0.25, -0.2) is 9.29 Å². The summed E-state index contributed by atoms with van der Waals surface area (Å²) >= 11 is 1.76. The molecule has 5 heteroatoms. The summed E-state index contributed by atoms with van der Waals surface area (Å²) in [5.41, 5.74) is 6.74. The van der Waals surface area contributed by atoms with Gasteiger partial charge >= 0.3 is 0 Å². The number of hydrogen-bond donors (Lipinski definition) is 1. The maximum absolute atomic E-state index is 5.91. The molecule has 1 fully saturated rings. The van der Waals surface area contributed by atoms with Crippen LogP contribution in [0.1, 0.15) is 18.5 Å². The molecule has 0 atom stereocenters. The van der Waals surface area contributed by atoms with Crippen LogP contribution in [-0.4, -0.2) is 54.0 Å². The van der Waals surface area contributed by atoms with Gasteiger partial charge < -0.3 is 5.73 Å². The third kappa shape index (κ3) is 5.14. The molecule has 4 nitrogen and oxygen atoms in total. The summed E-state index contributed by atoms with van der Waals surface area (Å²) in [6.45, 7) is 2.86. The Bertz CT molecular complexity index is 467. The lowest BCUT2D eigenvalue weighted by molar-refractivity contribution is 0.346. The average molecular weight is 290 g/mol. The number of piperidine rings is 1. The van der Waals surface area contributed by atoms with Crippen molar-refractivity contribution in [2.45, 2.75) is 23.8 Å². The number of hydrogen-bond acceptors (Lipinski definition) is 5. The zero-order chi connectivity index (χ0) is 14.4. The van der Waals surface area contributed by atoms with E-state index in [1.54, 1.807) is 11.9 Å². The Balaban J connectivity index is 1.86. The van der Waals surface area contributed by atoms with E-state index in [0.29, 0.717) is 6.04 Å². The van der Waals surface area contributed by atoms with Crippen LogP contribution in [0, 0.1) is 11.8 Å². The lowest BCUT2D eigenvalue weighted by atomic mass is 10.1. The van der Waals surface area contributed by atoms with Crippen LogP contribution in [0.2, 0.25) is 0 Å². The van der Waals surface area contributed by atoms with Crippen LogP contribution < -0.4 is 5.73 Å². The highest BCUT2D eigenvalue weighted by Crippen LogP contribution is 2.25. The molecule has 1 aromatic rings. The first-order valence-electron chi connectivity index (χ1n) is 6.91. The van der Waals surface area contributed by atoms with Crippen molar-refractivity contribution in [1.29, 1.82) is 0 Å². The number of aromatic nitrogens is 1. The predicted octanol–water partition coefficient (Wildman–Crippen LogP) is 1.42. The number of nitrogens with zero attached hydrogens (tertiary/aromatic N) is 3. The largest absolute Gasteiger partial charge is 0.328 e. The van der Waals surface area contributed by atoms with Gasteiger partial charge in [0.05, 0.1) is 6.54 Å². The highest BCUT2D eigenvalue weighted by Gasteiger charge is 2.16.